The average molecular weight is 510 g/mol. The van der Waals surface area contributed by atoms with Crippen LogP contribution >= 0.6 is 0 Å². The van der Waals surface area contributed by atoms with Crippen molar-refractivity contribution in [3.8, 4) is 5.75 Å². The zero-order chi connectivity index (χ0) is 27.6. The fraction of sp³-hybridized carbons (Fsp3) is 0.433. The van der Waals surface area contributed by atoms with Crippen LogP contribution in [0.4, 0.5) is 5.69 Å². The van der Waals surface area contributed by atoms with Gasteiger partial charge in [0.1, 0.15) is 11.2 Å². The lowest BCUT2D eigenvalue weighted by atomic mass is 10.1. The molecule has 1 N–H and O–H groups in total. The van der Waals surface area contributed by atoms with Crippen molar-refractivity contribution < 1.29 is 28.6 Å². The molecule has 37 heavy (non-hydrogen) atoms. The summed E-state index contributed by atoms with van der Waals surface area (Å²) in [5.74, 6) is -2.10. The summed E-state index contributed by atoms with van der Waals surface area (Å²) < 4.78 is 16.5. The predicted molar refractivity (Wildman–Crippen MR) is 144 cm³/mol. The molecule has 0 spiro atoms. The van der Waals surface area contributed by atoms with E-state index in [1.54, 1.807) is 77.9 Å². The Morgan fingerprint density at radius 1 is 0.838 bits per heavy atom. The van der Waals surface area contributed by atoms with Gasteiger partial charge in [-0.15, -0.1) is 0 Å². The molecule has 0 saturated carbocycles. The Balaban J connectivity index is 2.25. The van der Waals surface area contributed by atoms with Crippen LogP contribution in [0.25, 0.3) is 0 Å². The van der Waals surface area contributed by atoms with Crippen LogP contribution in [0.2, 0.25) is 0 Å². The van der Waals surface area contributed by atoms with Crippen LogP contribution < -0.4 is 10.1 Å². The number of carbonyl (C=O) groups is 3. The van der Waals surface area contributed by atoms with Gasteiger partial charge in [-0.1, -0.05) is 44.0 Å². The predicted octanol–water partition coefficient (Wildman–Crippen LogP) is 6.62. The number of hydrogen-bond acceptors (Lipinski definition) is 6. The van der Waals surface area contributed by atoms with Gasteiger partial charge in [0.15, 0.2) is 5.75 Å². The van der Waals surface area contributed by atoms with Crippen LogP contribution in [0, 0.1) is 0 Å². The third-order valence-corrected chi connectivity index (χ3v) is 4.90. The molecular weight excluding hydrogens is 470 g/mol. The molecule has 0 bridgehead atoms. The van der Waals surface area contributed by atoms with Crippen LogP contribution in [0.1, 0.15) is 83.7 Å². The minimum Gasteiger partial charge on any atom is -0.457 e. The second-order valence-electron chi connectivity index (χ2n) is 10.8. The molecule has 0 unspecified atom stereocenters. The molecule has 0 aliphatic carbocycles. The van der Waals surface area contributed by atoms with Gasteiger partial charge in [0.25, 0.3) is 5.91 Å². The van der Waals surface area contributed by atoms with Crippen LogP contribution in [-0.2, 0) is 25.5 Å². The molecule has 0 saturated heterocycles. The van der Waals surface area contributed by atoms with E-state index < -0.39 is 23.1 Å². The monoisotopic (exact) mass is 509 g/mol. The number of rotatable bonds is 10. The number of anilines is 1. The van der Waals surface area contributed by atoms with Gasteiger partial charge in [-0.25, -0.2) is 9.59 Å². The second kappa shape index (κ2) is 13.1. The third-order valence-electron chi connectivity index (χ3n) is 4.90. The Hall–Kier alpha value is -3.61. The molecule has 0 aliphatic rings. The molecule has 7 nitrogen and oxygen atoms in total. The summed E-state index contributed by atoms with van der Waals surface area (Å²) in [4.78, 5) is 38.2. The number of carbonyl (C=O) groups excluding carboxylic acids is 3. The summed E-state index contributed by atoms with van der Waals surface area (Å²) >= 11 is 0. The van der Waals surface area contributed by atoms with E-state index in [2.05, 4.69) is 12.2 Å². The number of unbranched alkanes of at least 4 members (excludes halogenated alkanes) is 2. The average Bonchev–Trinajstić information content (AvgIpc) is 2.78. The van der Waals surface area contributed by atoms with Gasteiger partial charge < -0.3 is 19.5 Å². The summed E-state index contributed by atoms with van der Waals surface area (Å²) in [6.07, 6.45) is 5.37. The Morgan fingerprint density at radius 2 is 1.46 bits per heavy atom. The first kappa shape index (κ1) is 29.6. The van der Waals surface area contributed by atoms with Gasteiger partial charge in [-0.2, -0.15) is 0 Å². The molecule has 0 heterocycles. The maximum atomic E-state index is 12.9. The lowest BCUT2D eigenvalue weighted by Gasteiger charge is -2.22. The number of esters is 2. The van der Waals surface area contributed by atoms with Crippen molar-refractivity contribution in [3.05, 3.63) is 71.5 Å². The van der Waals surface area contributed by atoms with E-state index in [4.69, 9.17) is 14.2 Å². The molecule has 2 aromatic rings. The maximum absolute atomic E-state index is 12.9. The Morgan fingerprint density at radius 3 is 2.05 bits per heavy atom. The topological polar surface area (TPSA) is 90.9 Å². The number of amides is 1. The highest BCUT2D eigenvalue weighted by Crippen LogP contribution is 2.27. The van der Waals surface area contributed by atoms with Gasteiger partial charge in [0, 0.05) is 5.56 Å². The zero-order valence-corrected chi connectivity index (χ0v) is 23.0. The van der Waals surface area contributed by atoms with Gasteiger partial charge >= 0.3 is 11.9 Å². The highest BCUT2D eigenvalue weighted by atomic mass is 16.6. The molecule has 0 radical (unpaired) electrons. The minimum absolute atomic E-state index is 0.174. The second-order valence-corrected chi connectivity index (χ2v) is 10.8. The number of para-hydroxylation sites is 2. The maximum Gasteiger partial charge on any atom is 0.375 e. The SMILES string of the molecule is CCCCCc1ccc(C(=O)Nc2ccccc2O/C(=C/C(=O)OC(C)(C)C)C(=O)OC(C)(C)C)cc1. The number of aryl methyl sites for hydroxylation is 1. The van der Waals surface area contributed by atoms with Crippen LogP contribution in [-0.4, -0.2) is 29.0 Å². The Bertz CT molecular complexity index is 1100. The van der Waals surface area contributed by atoms with Crippen LogP contribution in [0.5, 0.6) is 5.75 Å². The van der Waals surface area contributed by atoms with Gasteiger partial charge in [-0.05, 0) is 84.2 Å². The Kier molecular flexibility index (Phi) is 10.5. The van der Waals surface area contributed by atoms with Crippen molar-refractivity contribution in [2.45, 2.75) is 85.4 Å². The highest BCUT2D eigenvalue weighted by Gasteiger charge is 2.25. The molecule has 0 fully saturated rings. The minimum atomic E-state index is -0.835. The molecule has 0 aliphatic heterocycles. The van der Waals surface area contributed by atoms with Crippen LogP contribution in [0.3, 0.4) is 0 Å². The number of nitrogens with one attached hydrogen (secondary N) is 1. The summed E-state index contributed by atoms with van der Waals surface area (Å²) in [5.41, 5.74) is 0.431. The van der Waals surface area contributed by atoms with E-state index >= 15 is 0 Å². The normalized spacial score (nSPS) is 12.0. The van der Waals surface area contributed by atoms with E-state index in [1.807, 2.05) is 12.1 Å². The lowest BCUT2D eigenvalue weighted by molar-refractivity contribution is -0.154. The van der Waals surface area contributed by atoms with E-state index in [1.165, 1.54) is 12.0 Å². The van der Waals surface area contributed by atoms with Crippen LogP contribution in [0.15, 0.2) is 60.4 Å². The first-order chi connectivity index (χ1) is 17.3. The summed E-state index contributed by atoms with van der Waals surface area (Å²) in [6.45, 7) is 12.4. The number of hydrogen-bond donors (Lipinski definition) is 1. The number of ether oxygens (including phenoxy) is 3. The van der Waals surface area contributed by atoms with E-state index in [0.29, 0.717) is 11.3 Å². The smallest absolute Gasteiger partial charge is 0.375 e. The molecule has 7 heteroatoms. The van der Waals surface area contributed by atoms with E-state index in [9.17, 15) is 14.4 Å². The quantitative estimate of drug-likeness (QED) is 0.168. The van der Waals surface area contributed by atoms with Gasteiger partial charge in [0.05, 0.1) is 11.8 Å². The van der Waals surface area contributed by atoms with Gasteiger partial charge in [-0.3, -0.25) is 4.79 Å². The highest BCUT2D eigenvalue weighted by molar-refractivity contribution is 6.05. The zero-order valence-electron chi connectivity index (χ0n) is 23.0. The first-order valence-corrected chi connectivity index (χ1v) is 12.6. The van der Waals surface area contributed by atoms with Gasteiger partial charge in [0.2, 0.25) is 5.76 Å². The first-order valence-electron chi connectivity index (χ1n) is 12.6. The third kappa shape index (κ3) is 10.9. The standard InChI is InChI=1S/C30H39NO6/c1-8-9-10-13-21-16-18-22(19-17-21)27(33)31-23-14-11-12-15-24(23)35-25(28(34)37-30(5,6)7)20-26(32)36-29(2,3)4/h11-12,14-20H,8-10,13H2,1-7H3,(H,31,33)/b25-20+. The van der Waals surface area contributed by atoms with Crippen molar-refractivity contribution >= 4 is 23.5 Å². The number of benzene rings is 2. The molecule has 1 amide bonds. The molecule has 2 rings (SSSR count). The van der Waals surface area contributed by atoms with Crippen molar-refractivity contribution in [2.24, 2.45) is 0 Å². The fourth-order valence-electron chi connectivity index (χ4n) is 3.27. The molecule has 2 aromatic carbocycles. The fourth-order valence-corrected chi connectivity index (χ4v) is 3.27. The molecule has 0 aromatic heterocycles. The summed E-state index contributed by atoms with van der Waals surface area (Å²) in [6, 6.07) is 14.1. The summed E-state index contributed by atoms with van der Waals surface area (Å²) in [5, 5.41) is 2.82. The van der Waals surface area contributed by atoms with Crippen molar-refractivity contribution in [1.82, 2.24) is 0 Å². The van der Waals surface area contributed by atoms with E-state index in [0.717, 1.165) is 25.3 Å². The van der Waals surface area contributed by atoms with E-state index in [-0.39, 0.29) is 17.4 Å². The largest absolute Gasteiger partial charge is 0.457 e. The van der Waals surface area contributed by atoms with Crippen molar-refractivity contribution in [1.29, 1.82) is 0 Å². The molecule has 0 atom stereocenters. The van der Waals surface area contributed by atoms with Crippen molar-refractivity contribution in [2.75, 3.05) is 5.32 Å². The Labute approximate surface area is 220 Å². The summed E-state index contributed by atoms with van der Waals surface area (Å²) in [7, 11) is 0. The molecule has 200 valence electrons. The molecular formula is C30H39NO6. The lowest BCUT2D eigenvalue weighted by Crippen LogP contribution is -2.28. The van der Waals surface area contributed by atoms with Crippen molar-refractivity contribution in [3.63, 3.8) is 0 Å².